The summed E-state index contributed by atoms with van der Waals surface area (Å²) in [6.45, 7) is 5.92. The Morgan fingerprint density at radius 3 is 2.50 bits per heavy atom. The summed E-state index contributed by atoms with van der Waals surface area (Å²) in [7, 11) is 0. The second kappa shape index (κ2) is 6.70. The van der Waals surface area contributed by atoms with E-state index < -0.39 is 0 Å². The Morgan fingerprint density at radius 2 is 1.80 bits per heavy atom. The van der Waals surface area contributed by atoms with E-state index in [1.54, 1.807) is 0 Å². The zero-order chi connectivity index (χ0) is 13.8. The highest BCUT2D eigenvalue weighted by atomic mass is 15.2. The van der Waals surface area contributed by atoms with Gasteiger partial charge in [-0.3, -0.25) is 9.80 Å². The van der Waals surface area contributed by atoms with E-state index in [0.717, 1.165) is 13.1 Å². The molecule has 2 aliphatic heterocycles. The summed E-state index contributed by atoms with van der Waals surface area (Å²) in [5, 5.41) is 0. The van der Waals surface area contributed by atoms with Gasteiger partial charge in [-0.1, -0.05) is 30.3 Å². The van der Waals surface area contributed by atoms with Gasteiger partial charge in [0, 0.05) is 25.2 Å². The van der Waals surface area contributed by atoms with Crippen LogP contribution in [0, 0.1) is 0 Å². The molecule has 0 amide bonds. The Bertz CT molecular complexity index is 400. The molecule has 110 valence electrons. The van der Waals surface area contributed by atoms with Crippen molar-refractivity contribution in [3.63, 3.8) is 0 Å². The largest absolute Gasteiger partial charge is 0.327 e. The average molecular weight is 273 g/mol. The Kier molecular flexibility index (Phi) is 4.71. The summed E-state index contributed by atoms with van der Waals surface area (Å²) in [6, 6.07) is 11.9. The standard InChI is InChI=1S/C17H27N3/c18-16-9-6-10-19(13-16)14-17(20-11-4-5-12-20)15-7-2-1-3-8-15/h1-3,7-8,16-17H,4-6,9-14,18H2/t16-,17?/m0/s1. The van der Waals surface area contributed by atoms with Gasteiger partial charge in [0.2, 0.25) is 0 Å². The van der Waals surface area contributed by atoms with E-state index in [-0.39, 0.29) is 0 Å². The second-order valence-electron chi connectivity index (χ2n) is 6.33. The molecule has 3 rings (SSSR count). The van der Waals surface area contributed by atoms with Gasteiger partial charge in [0.15, 0.2) is 0 Å². The first-order valence-corrected chi connectivity index (χ1v) is 8.10. The first-order chi connectivity index (χ1) is 9.83. The fourth-order valence-corrected chi connectivity index (χ4v) is 3.66. The lowest BCUT2D eigenvalue weighted by Gasteiger charge is -2.37. The molecule has 2 saturated heterocycles. The maximum atomic E-state index is 6.14. The van der Waals surface area contributed by atoms with Crippen molar-refractivity contribution < 1.29 is 0 Å². The van der Waals surface area contributed by atoms with E-state index in [1.165, 1.54) is 50.9 Å². The van der Waals surface area contributed by atoms with E-state index in [1.807, 2.05) is 0 Å². The molecular formula is C17H27N3. The number of piperidine rings is 1. The zero-order valence-corrected chi connectivity index (χ0v) is 12.4. The summed E-state index contributed by atoms with van der Waals surface area (Å²) in [5.41, 5.74) is 7.60. The summed E-state index contributed by atoms with van der Waals surface area (Å²) in [4.78, 5) is 5.24. The zero-order valence-electron chi connectivity index (χ0n) is 12.4. The monoisotopic (exact) mass is 273 g/mol. The highest BCUT2D eigenvalue weighted by Crippen LogP contribution is 2.26. The lowest BCUT2D eigenvalue weighted by Crippen LogP contribution is -2.46. The predicted octanol–water partition coefficient (Wildman–Crippen LogP) is 2.25. The van der Waals surface area contributed by atoms with E-state index in [4.69, 9.17) is 5.73 Å². The average Bonchev–Trinajstić information content (AvgIpc) is 3.00. The maximum Gasteiger partial charge on any atom is 0.0475 e. The molecular weight excluding hydrogens is 246 g/mol. The van der Waals surface area contributed by atoms with Crippen LogP contribution in [0.4, 0.5) is 0 Å². The Labute approximate surface area is 122 Å². The topological polar surface area (TPSA) is 32.5 Å². The van der Waals surface area contributed by atoms with Crippen LogP contribution in [0.5, 0.6) is 0 Å². The third-order valence-electron chi connectivity index (χ3n) is 4.74. The molecule has 2 N–H and O–H groups in total. The molecule has 3 heteroatoms. The van der Waals surface area contributed by atoms with Gasteiger partial charge in [-0.25, -0.2) is 0 Å². The molecule has 2 atom stereocenters. The molecule has 3 nitrogen and oxygen atoms in total. The lowest BCUT2D eigenvalue weighted by atomic mass is 10.0. The highest BCUT2D eigenvalue weighted by molar-refractivity contribution is 5.20. The van der Waals surface area contributed by atoms with Gasteiger partial charge in [-0.2, -0.15) is 0 Å². The molecule has 0 radical (unpaired) electrons. The second-order valence-corrected chi connectivity index (χ2v) is 6.33. The van der Waals surface area contributed by atoms with E-state index in [9.17, 15) is 0 Å². The van der Waals surface area contributed by atoms with E-state index in [0.29, 0.717) is 12.1 Å². The van der Waals surface area contributed by atoms with Crippen molar-refractivity contribution in [2.24, 2.45) is 5.73 Å². The molecule has 2 heterocycles. The molecule has 0 saturated carbocycles. The van der Waals surface area contributed by atoms with Crippen LogP contribution in [0.1, 0.15) is 37.3 Å². The van der Waals surface area contributed by atoms with Crippen molar-refractivity contribution in [1.29, 1.82) is 0 Å². The van der Waals surface area contributed by atoms with Gasteiger partial charge in [0.05, 0.1) is 0 Å². The molecule has 0 aliphatic carbocycles. The first-order valence-electron chi connectivity index (χ1n) is 8.10. The van der Waals surface area contributed by atoms with Crippen molar-refractivity contribution in [2.75, 3.05) is 32.7 Å². The third kappa shape index (κ3) is 3.40. The minimum atomic E-state index is 0.374. The molecule has 1 aromatic carbocycles. The maximum absolute atomic E-state index is 6.14. The van der Waals surface area contributed by atoms with Crippen molar-refractivity contribution in [3.05, 3.63) is 35.9 Å². The van der Waals surface area contributed by atoms with Crippen molar-refractivity contribution in [2.45, 2.75) is 37.8 Å². The van der Waals surface area contributed by atoms with E-state index >= 15 is 0 Å². The molecule has 0 aromatic heterocycles. The Morgan fingerprint density at radius 1 is 1.05 bits per heavy atom. The highest BCUT2D eigenvalue weighted by Gasteiger charge is 2.27. The van der Waals surface area contributed by atoms with Gasteiger partial charge in [-0.05, 0) is 50.9 Å². The van der Waals surface area contributed by atoms with Crippen LogP contribution < -0.4 is 5.73 Å². The number of rotatable bonds is 4. The van der Waals surface area contributed by atoms with Crippen LogP contribution in [-0.2, 0) is 0 Å². The van der Waals surface area contributed by atoms with Crippen LogP contribution in [0.15, 0.2) is 30.3 Å². The van der Waals surface area contributed by atoms with Crippen molar-refractivity contribution in [1.82, 2.24) is 9.80 Å². The van der Waals surface area contributed by atoms with Gasteiger partial charge in [-0.15, -0.1) is 0 Å². The van der Waals surface area contributed by atoms with Gasteiger partial charge in [0.25, 0.3) is 0 Å². The van der Waals surface area contributed by atoms with Crippen LogP contribution in [-0.4, -0.2) is 48.6 Å². The van der Waals surface area contributed by atoms with Crippen molar-refractivity contribution >= 4 is 0 Å². The molecule has 1 aromatic rings. The number of likely N-dealkylation sites (tertiary alicyclic amines) is 2. The van der Waals surface area contributed by atoms with Crippen LogP contribution in [0.2, 0.25) is 0 Å². The first kappa shape index (κ1) is 14.1. The summed E-state index contributed by atoms with van der Waals surface area (Å²) in [5.74, 6) is 0. The molecule has 2 aliphatic rings. The number of benzene rings is 1. The minimum absolute atomic E-state index is 0.374. The number of hydrogen-bond acceptors (Lipinski definition) is 3. The third-order valence-corrected chi connectivity index (χ3v) is 4.74. The summed E-state index contributed by atoms with van der Waals surface area (Å²) >= 11 is 0. The quantitative estimate of drug-likeness (QED) is 0.913. The summed E-state index contributed by atoms with van der Waals surface area (Å²) in [6.07, 6.45) is 5.14. The van der Waals surface area contributed by atoms with Crippen LogP contribution >= 0.6 is 0 Å². The van der Waals surface area contributed by atoms with Crippen LogP contribution in [0.3, 0.4) is 0 Å². The normalized spacial score (nSPS) is 26.8. The lowest BCUT2D eigenvalue weighted by molar-refractivity contribution is 0.136. The molecule has 2 fully saturated rings. The van der Waals surface area contributed by atoms with Gasteiger partial charge < -0.3 is 5.73 Å². The molecule has 0 spiro atoms. The Hall–Kier alpha value is -0.900. The fourth-order valence-electron chi connectivity index (χ4n) is 3.66. The van der Waals surface area contributed by atoms with Crippen LogP contribution in [0.25, 0.3) is 0 Å². The fraction of sp³-hybridized carbons (Fsp3) is 0.647. The molecule has 0 bridgehead atoms. The molecule has 1 unspecified atom stereocenters. The van der Waals surface area contributed by atoms with Gasteiger partial charge in [0.1, 0.15) is 0 Å². The Balaban J connectivity index is 1.71. The number of nitrogens with zero attached hydrogens (tertiary/aromatic N) is 2. The summed E-state index contributed by atoms with van der Waals surface area (Å²) < 4.78 is 0. The van der Waals surface area contributed by atoms with Crippen molar-refractivity contribution in [3.8, 4) is 0 Å². The number of nitrogens with two attached hydrogens (primary N) is 1. The number of hydrogen-bond donors (Lipinski definition) is 1. The smallest absolute Gasteiger partial charge is 0.0475 e. The molecule has 20 heavy (non-hydrogen) atoms. The minimum Gasteiger partial charge on any atom is -0.327 e. The predicted molar refractivity (Wildman–Crippen MR) is 83.6 cm³/mol. The van der Waals surface area contributed by atoms with E-state index in [2.05, 4.69) is 40.1 Å². The SMILES string of the molecule is N[C@H]1CCCN(CC(c2ccccc2)N2CCCC2)C1. The van der Waals surface area contributed by atoms with Gasteiger partial charge >= 0.3 is 0 Å².